The van der Waals surface area contributed by atoms with Crippen LogP contribution < -0.4 is 14.2 Å². The average Bonchev–Trinajstić information content (AvgIpc) is 3.29. The van der Waals surface area contributed by atoms with Crippen LogP contribution in [0.4, 0.5) is 0 Å². The number of rotatable bonds is 5. The first-order valence-corrected chi connectivity index (χ1v) is 11.6. The Morgan fingerprint density at radius 2 is 1.84 bits per heavy atom. The van der Waals surface area contributed by atoms with Gasteiger partial charge in [0.05, 0.1) is 11.6 Å². The molecule has 1 fully saturated rings. The van der Waals surface area contributed by atoms with Gasteiger partial charge >= 0.3 is 0 Å². The average molecular weight is 435 g/mol. The van der Waals surface area contributed by atoms with E-state index >= 15 is 0 Å². The van der Waals surface area contributed by atoms with E-state index in [1.807, 2.05) is 0 Å². The van der Waals surface area contributed by atoms with Crippen LogP contribution in [-0.4, -0.2) is 49.0 Å². The monoisotopic (exact) mass is 434 g/mol. The summed E-state index contributed by atoms with van der Waals surface area (Å²) >= 11 is 0. The Bertz CT molecular complexity index is 1010. The zero-order valence-corrected chi connectivity index (χ0v) is 18.5. The molecule has 3 aliphatic rings. The van der Waals surface area contributed by atoms with Gasteiger partial charge in [0.2, 0.25) is 0 Å². The molecule has 2 atom stereocenters. The highest BCUT2D eigenvalue weighted by molar-refractivity contribution is 5.53. The third-order valence-electron chi connectivity index (χ3n) is 7.22. The molecule has 1 aliphatic carbocycles. The van der Waals surface area contributed by atoms with Gasteiger partial charge in [-0.15, -0.1) is 0 Å². The zero-order valence-electron chi connectivity index (χ0n) is 18.5. The lowest BCUT2D eigenvalue weighted by molar-refractivity contribution is 0.0364. The fourth-order valence-electron chi connectivity index (χ4n) is 5.56. The fraction of sp³-hybridized carbons (Fsp3) is 0.500. The summed E-state index contributed by atoms with van der Waals surface area (Å²) in [6.07, 6.45) is 4.20. The molecule has 2 aliphatic heterocycles. The van der Waals surface area contributed by atoms with Crippen LogP contribution in [0.2, 0.25) is 0 Å². The number of aliphatic hydroxyl groups is 1. The second-order valence-electron chi connectivity index (χ2n) is 9.28. The number of fused-ring (bicyclic) bond motifs is 3. The predicted molar refractivity (Wildman–Crippen MR) is 120 cm³/mol. The number of β-amino-alcohol motifs (C(OH)–C–C–N with tert-alkyl or cyclic N) is 1. The van der Waals surface area contributed by atoms with Crippen molar-refractivity contribution in [1.29, 1.82) is 5.26 Å². The lowest BCUT2D eigenvalue weighted by Gasteiger charge is -2.47. The van der Waals surface area contributed by atoms with Crippen molar-refractivity contribution in [3.63, 3.8) is 0 Å². The highest BCUT2D eigenvalue weighted by atomic mass is 16.6. The van der Waals surface area contributed by atoms with E-state index in [0.717, 1.165) is 18.0 Å². The van der Waals surface area contributed by atoms with Crippen LogP contribution in [0, 0.1) is 11.3 Å². The van der Waals surface area contributed by atoms with E-state index < -0.39 is 6.10 Å². The van der Waals surface area contributed by atoms with E-state index in [0.29, 0.717) is 31.1 Å². The van der Waals surface area contributed by atoms with Gasteiger partial charge in [-0.05, 0) is 67.3 Å². The molecule has 2 aromatic carbocycles. The highest BCUT2D eigenvalue weighted by Gasteiger charge is 2.45. The number of hydrogen-bond donors (Lipinski definition) is 1. The Kier molecular flexibility index (Phi) is 5.71. The molecular formula is C26H30N2O4. The first kappa shape index (κ1) is 21.1. The summed E-state index contributed by atoms with van der Waals surface area (Å²) in [5.41, 5.74) is 3.41. The van der Waals surface area contributed by atoms with Crippen LogP contribution in [0.25, 0.3) is 0 Å². The molecule has 6 heteroatoms. The minimum absolute atomic E-state index is 0.116. The second-order valence-corrected chi connectivity index (χ2v) is 9.28. The van der Waals surface area contributed by atoms with Gasteiger partial charge in [-0.3, -0.25) is 4.90 Å². The van der Waals surface area contributed by atoms with Crippen molar-refractivity contribution in [2.24, 2.45) is 0 Å². The van der Waals surface area contributed by atoms with Crippen molar-refractivity contribution >= 4 is 0 Å². The molecule has 0 bridgehead atoms. The molecule has 168 valence electrons. The molecule has 0 saturated heterocycles. The molecule has 0 amide bonds. The van der Waals surface area contributed by atoms with Gasteiger partial charge in [0.15, 0.2) is 11.5 Å². The molecule has 5 rings (SSSR count). The van der Waals surface area contributed by atoms with Gasteiger partial charge in [0.1, 0.15) is 31.7 Å². The topological polar surface area (TPSA) is 75.0 Å². The number of nitrogens with zero attached hydrogens (tertiary/aromatic N) is 2. The summed E-state index contributed by atoms with van der Waals surface area (Å²) < 4.78 is 17.6. The zero-order chi connectivity index (χ0) is 22.1. The Morgan fingerprint density at radius 3 is 2.53 bits per heavy atom. The van der Waals surface area contributed by atoms with E-state index in [-0.39, 0.29) is 18.1 Å². The number of ether oxygens (including phenoxy) is 3. The van der Waals surface area contributed by atoms with Gasteiger partial charge in [-0.25, -0.2) is 0 Å². The summed E-state index contributed by atoms with van der Waals surface area (Å²) in [4.78, 5) is 2.40. The quantitative estimate of drug-likeness (QED) is 0.768. The van der Waals surface area contributed by atoms with Crippen molar-refractivity contribution in [2.75, 3.05) is 32.9 Å². The minimum Gasteiger partial charge on any atom is -0.491 e. The molecule has 1 saturated carbocycles. The van der Waals surface area contributed by atoms with E-state index in [9.17, 15) is 5.11 Å². The smallest absolute Gasteiger partial charge is 0.161 e. The molecule has 1 spiro atoms. The molecule has 1 N–H and O–H groups in total. The van der Waals surface area contributed by atoms with Crippen LogP contribution in [-0.2, 0) is 5.41 Å². The molecule has 2 aromatic rings. The van der Waals surface area contributed by atoms with Gasteiger partial charge < -0.3 is 19.3 Å². The Hall–Kier alpha value is -2.75. The molecule has 6 nitrogen and oxygen atoms in total. The van der Waals surface area contributed by atoms with Crippen LogP contribution in [0.1, 0.15) is 55.3 Å². The number of aliphatic hydroxyl groups excluding tert-OH is 1. The van der Waals surface area contributed by atoms with E-state index in [2.05, 4.69) is 30.0 Å². The summed E-state index contributed by atoms with van der Waals surface area (Å²) in [6, 6.07) is 13.7. The molecular weight excluding hydrogens is 404 g/mol. The van der Waals surface area contributed by atoms with Gasteiger partial charge in [0.25, 0.3) is 0 Å². The fourth-order valence-corrected chi connectivity index (χ4v) is 5.56. The minimum atomic E-state index is -0.606. The SMILES string of the molecule is C[C@H]1c2cc3c(cc2C2(CCCC2)CN1C[C@@H](O)COc1ccc(C#N)cc1)OCCO3. The Morgan fingerprint density at radius 1 is 1.16 bits per heavy atom. The van der Waals surface area contributed by atoms with Crippen molar-refractivity contribution < 1.29 is 19.3 Å². The molecule has 32 heavy (non-hydrogen) atoms. The summed E-state index contributed by atoms with van der Waals surface area (Å²) in [6.45, 7) is 5.11. The molecule has 2 heterocycles. The van der Waals surface area contributed by atoms with E-state index in [4.69, 9.17) is 19.5 Å². The number of benzene rings is 2. The first-order chi connectivity index (χ1) is 15.6. The van der Waals surface area contributed by atoms with Gasteiger partial charge in [-0.2, -0.15) is 5.26 Å². The lowest BCUT2D eigenvalue weighted by atomic mass is 9.71. The normalized spacial score (nSPS) is 22.2. The number of hydrogen-bond acceptors (Lipinski definition) is 6. The van der Waals surface area contributed by atoms with Crippen molar-refractivity contribution in [3.05, 3.63) is 53.1 Å². The summed E-state index contributed by atoms with van der Waals surface area (Å²) in [7, 11) is 0. The number of nitriles is 1. The van der Waals surface area contributed by atoms with Gasteiger partial charge in [0, 0.05) is 24.5 Å². The standard InChI is InChI=1S/C26H30N2O4/c1-18-22-12-24-25(31-11-10-30-24)13-23(22)26(8-2-3-9-26)17-28(18)15-20(29)16-32-21-6-4-19(14-27)5-7-21/h4-7,12-13,18,20,29H,2-3,8-11,15-17H2,1H3/t18-,20+/m0/s1. The third-order valence-corrected chi connectivity index (χ3v) is 7.22. The molecule has 0 aromatic heterocycles. The second kappa shape index (κ2) is 8.65. The molecule has 0 radical (unpaired) electrons. The molecule has 0 unspecified atom stereocenters. The van der Waals surface area contributed by atoms with Crippen molar-refractivity contribution in [1.82, 2.24) is 4.90 Å². The summed E-state index contributed by atoms with van der Waals surface area (Å²) in [5.74, 6) is 2.37. The Balaban J connectivity index is 1.33. The van der Waals surface area contributed by atoms with Crippen LogP contribution >= 0.6 is 0 Å². The first-order valence-electron chi connectivity index (χ1n) is 11.6. The van der Waals surface area contributed by atoms with Crippen LogP contribution in [0.5, 0.6) is 17.2 Å². The van der Waals surface area contributed by atoms with Crippen molar-refractivity contribution in [3.8, 4) is 23.3 Å². The van der Waals surface area contributed by atoms with E-state index in [1.165, 1.54) is 36.8 Å². The third kappa shape index (κ3) is 3.92. The Labute approximate surface area is 189 Å². The van der Waals surface area contributed by atoms with Crippen molar-refractivity contribution in [2.45, 2.75) is 50.2 Å². The van der Waals surface area contributed by atoms with Gasteiger partial charge in [-0.1, -0.05) is 12.8 Å². The predicted octanol–water partition coefficient (Wildman–Crippen LogP) is 3.96. The lowest BCUT2D eigenvalue weighted by Crippen LogP contribution is -2.49. The van der Waals surface area contributed by atoms with Crippen LogP contribution in [0.3, 0.4) is 0 Å². The van der Waals surface area contributed by atoms with E-state index in [1.54, 1.807) is 24.3 Å². The maximum absolute atomic E-state index is 10.8. The maximum atomic E-state index is 10.8. The highest BCUT2D eigenvalue weighted by Crippen LogP contribution is 2.51. The maximum Gasteiger partial charge on any atom is 0.161 e. The van der Waals surface area contributed by atoms with Crippen LogP contribution in [0.15, 0.2) is 36.4 Å². The summed E-state index contributed by atoms with van der Waals surface area (Å²) in [5, 5.41) is 19.7. The largest absolute Gasteiger partial charge is 0.491 e.